The lowest BCUT2D eigenvalue weighted by Crippen LogP contribution is -2.52. The average molecular weight is 829 g/mol. The summed E-state index contributed by atoms with van der Waals surface area (Å²) in [5.41, 5.74) is -0.328. The molecule has 0 aliphatic rings. The number of rotatable bonds is 26. The fourth-order valence-electron chi connectivity index (χ4n) is 8.52. The fraction of sp³-hybridized carbons (Fsp3) is 0.667. The Labute approximate surface area is 343 Å². The first-order valence-corrected chi connectivity index (χ1v) is 30.3. The predicted octanol–water partition coefficient (Wildman–Crippen LogP) is 11.6. The van der Waals surface area contributed by atoms with Gasteiger partial charge in [0.1, 0.15) is 0 Å². The summed E-state index contributed by atoms with van der Waals surface area (Å²) in [5.74, 6) is -0.505. The summed E-state index contributed by atoms with van der Waals surface area (Å²) in [6, 6.07) is 21.7. The molecule has 2 rings (SSSR count). The van der Waals surface area contributed by atoms with Gasteiger partial charge in [-0.2, -0.15) is 0 Å². The lowest BCUT2D eigenvalue weighted by molar-refractivity contribution is -0.164. The van der Waals surface area contributed by atoms with E-state index in [-0.39, 0.29) is 30.9 Å². The van der Waals surface area contributed by atoms with Gasteiger partial charge in [0, 0.05) is 11.8 Å². The molecule has 0 heterocycles. The van der Waals surface area contributed by atoms with Crippen molar-refractivity contribution < 1.29 is 36.8 Å². The second-order valence-electron chi connectivity index (χ2n) is 18.7. The Morgan fingerprint density at radius 3 is 1.68 bits per heavy atom. The first-order chi connectivity index (χ1) is 26.1. The smallest absolute Gasteiger partial charge is 0.314 e. The number of methoxy groups -OCH3 is 1. The van der Waals surface area contributed by atoms with E-state index in [4.69, 9.17) is 22.4 Å². The maximum absolute atomic E-state index is 14.5. The number of carbonyl (C=O) groups is 3. The van der Waals surface area contributed by atoms with E-state index in [2.05, 4.69) is 108 Å². The summed E-state index contributed by atoms with van der Waals surface area (Å²) in [7, 11) is -4.84. The Balaban J connectivity index is 2.56. The summed E-state index contributed by atoms with van der Waals surface area (Å²) in [4.78, 5) is 40.9. The standard InChI is InChI=1S/C45H76O8Si3/c1-14-37(3)34-45(38-26-19-16-20-27-38,39-28-21-17-22-29-39)36-44(5,41(47)49-6)35-43(4,31-24-18-23-30-40(46)50-15-2)42(48)51-32-25-33-56(13,52-54(7,8)9)53-55(10,11)12/h16-17,19-22,26-29,37H,14-15,18,23-25,30-36H2,1-13H3. The van der Waals surface area contributed by atoms with Crippen LogP contribution in [0.1, 0.15) is 110 Å². The monoisotopic (exact) mass is 828 g/mol. The van der Waals surface area contributed by atoms with Gasteiger partial charge >= 0.3 is 26.5 Å². The highest BCUT2D eigenvalue weighted by atomic mass is 28.5. The molecule has 0 radical (unpaired) electrons. The van der Waals surface area contributed by atoms with Crippen molar-refractivity contribution in [2.45, 2.75) is 156 Å². The molecule has 2 aromatic rings. The van der Waals surface area contributed by atoms with Gasteiger partial charge in [-0.25, -0.2) is 0 Å². The molecule has 2 aromatic carbocycles. The Kier molecular flexibility index (Phi) is 19.4. The van der Waals surface area contributed by atoms with Gasteiger partial charge in [-0.15, -0.1) is 0 Å². The highest BCUT2D eigenvalue weighted by Gasteiger charge is 2.51. The van der Waals surface area contributed by atoms with Crippen LogP contribution in [-0.4, -0.2) is 63.4 Å². The number of hydrogen-bond donors (Lipinski definition) is 0. The molecule has 0 fully saturated rings. The number of benzene rings is 2. The second-order valence-corrected chi connectivity index (χ2v) is 31.5. The van der Waals surface area contributed by atoms with Crippen molar-refractivity contribution in [3.8, 4) is 0 Å². The summed E-state index contributed by atoms with van der Waals surface area (Å²) in [5, 5.41) is 0. The first kappa shape index (κ1) is 49.6. The zero-order chi connectivity index (χ0) is 42.3. The Morgan fingerprint density at radius 1 is 0.679 bits per heavy atom. The van der Waals surface area contributed by atoms with Gasteiger partial charge in [0.25, 0.3) is 0 Å². The van der Waals surface area contributed by atoms with E-state index in [1.807, 2.05) is 32.9 Å². The fourth-order valence-corrected chi connectivity index (χ4v) is 21.0. The molecule has 0 aromatic heterocycles. The summed E-state index contributed by atoms with van der Waals surface area (Å²) >= 11 is 0. The van der Waals surface area contributed by atoms with Crippen molar-refractivity contribution in [3.63, 3.8) is 0 Å². The zero-order valence-corrected chi connectivity index (χ0v) is 40.3. The van der Waals surface area contributed by atoms with Crippen LogP contribution in [0.3, 0.4) is 0 Å². The van der Waals surface area contributed by atoms with Crippen LogP contribution in [0.25, 0.3) is 0 Å². The van der Waals surface area contributed by atoms with Gasteiger partial charge < -0.3 is 22.4 Å². The van der Waals surface area contributed by atoms with Crippen molar-refractivity contribution in [1.29, 1.82) is 0 Å². The minimum absolute atomic E-state index is 0.209. The maximum atomic E-state index is 14.5. The SMILES string of the molecule is CCOC(=O)CCCCCC(C)(CC(C)(CC(CC(C)CC)(c1ccccc1)c1ccccc1)C(=O)OC)C(=O)OCCC[Si](C)(O[Si](C)(C)C)O[Si](C)(C)C. The first-order valence-electron chi connectivity index (χ1n) is 21.0. The quantitative estimate of drug-likeness (QED) is 0.0400. The Bertz CT molecular complexity index is 1430. The normalized spacial score (nSPS) is 15.3. The van der Waals surface area contributed by atoms with Gasteiger partial charge in [-0.1, -0.05) is 93.8 Å². The lowest BCUT2D eigenvalue weighted by Gasteiger charge is -2.45. The number of hydrogen-bond acceptors (Lipinski definition) is 8. The lowest BCUT2D eigenvalue weighted by atomic mass is 9.58. The molecule has 11 heteroatoms. The number of unbranched alkanes of at least 4 members (excludes halogenated alkanes) is 2. The molecule has 8 nitrogen and oxygen atoms in total. The van der Waals surface area contributed by atoms with E-state index in [0.717, 1.165) is 36.4 Å². The molecule has 3 atom stereocenters. The summed E-state index contributed by atoms with van der Waals surface area (Å²) < 4.78 is 30.4. The van der Waals surface area contributed by atoms with Crippen LogP contribution in [0.5, 0.6) is 0 Å². The van der Waals surface area contributed by atoms with Crippen LogP contribution in [0.2, 0.25) is 51.9 Å². The molecule has 0 saturated carbocycles. The van der Waals surface area contributed by atoms with E-state index in [0.29, 0.717) is 51.0 Å². The van der Waals surface area contributed by atoms with Crippen molar-refractivity contribution in [2.75, 3.05) is 20.3 Å². The van der Waals surface area contributed by atoms with Crippen LogP contribution in [0.4, 0.5) is 0 Å². The van der Waals surface area contributed by atoms with Gasteiger partial charge in [-0.3, -0.25) is 14.4 Å². The number of esters is 3. The molecule has 0 aliphatic carbocycles. The van der Waals surface area contributed by atoms with Gasteiger partial charge in [0.2, 0.25) is 0 Å². The van der Waals surface area contributed by atoms with Gasteiger partial charge in [-0.05, 0) is 128 Å². The summed E-state index contributed by atoms with van der Waals surface area (Å²) in [6.07, 6.45) is 6.07. The molecule has 0 aliphatic heterocycles. The van der Waals surface area contributed by atoms with Crippen LogP contribution >= 0.6 is 0 Å². The molecule has 0 saturated heterocycles. The van der Waals surface area contributed by atoms with E-state index in [1.165, 1.54) is 7.11 Å². The van der Waals surface area contributed by atoms with Crippen molar-refractivity contribution >= 4 is 43.1 Å². The van der Waals surface area contributed by atoms with E-state index in [9.17, 15) is 14.4 Å². The molecule has 0 N–H and O–H groups in total. The maximum Gasteiger partial charge on any atom is 0.314 e. The van der Waals surface area contributed by atoms with E-state index < -0.39 is 41.4 Å². The van der Waals surface area contributed by atoms with Crippen LogP contribution in [0, 0.1) is 16.7 Å². The van der Waals surface area contributed by atoms with Crippen molar-refractivity contribution in [3.05, 3.63) is 71.8 Å². The molecular weight excluding hydrogens is 753 g/mol. The second kappa shape index (κ2) is 22.0. The summed E-state index contributed by atoms with van der Waals surface area (Å²) in [6.45, 7) is 26.1. The number of ether oxygens (including phenoxy) is 3. The molecule has 0 spiro atoms. The number of carbonyl (C=O) groups excluding carboxylic acids is 3. The Hall–Kier alpha value is -2.58. The largest absolute Gasteiger partial charge is 0.469 e. The highest BCUT2D eigenvalue weighted by molar-refractivity contribution is 6.87. The topological polar surface area (TPSA) is 97.4 Å². The molecule has 316 valence electrons. The molecular formula is C45H76O8Si3. The Morgan fingerprint density at radius 2 is 1.21 bits per heavy atom. The van der Waals surface area contributed by atoms with E-state index in [1.54, 1.807) is 0 Å². The van der Waals surface area contributed by atoms with Crippen LogP contribution in [0.15, 0.2) is 60.7 Å². The van der Waals surface area contributed by atoms with E-state index >= 15 is 0 Å². The molecule has 0 amide bonds. The van der Waals surface area contributed by atoms with Crippen molar-refractivity contribution in [2.24, 2.45) is 16.7 Å². The molecule has 56 heavy (non-hydrogen) atoms. The third-order valence-corrected chi connectivity index (χ3v) is 20.3. The zero-order valence-electron chi connectivity index (χ0n) is 37.3. The van der Waals surface area contributed by atoms with Gasteiger partial charge in [0.05, 0.1) is 31.2 Å². The minimum Gasteiger partial charge on any atom is -0.469 e. The highest BCUT2D eigenvalue weighted by Crippen LogP contribution is 2.52. The van der Waals surface area contributed by atoms with Crippen LogP contribution in [-0.2, 0) is 42.2 Å². The van der Waals surface area contributed by atoms with Crippen molar-refractivity contribution in [1.82, 2.24) is 0 Å². The third kappa shape index (κ3) is 16.0. The minimum atomic E-state index is -2.52. The average Bonchev–Trinajstić information content (AvgIpc) is 3.11. The van der Waals surface area contributed by atoms with Crippen LogP contribution < -0.4 is 0 Å². The van der Waals surface area contributed by atoms with Gasteiger partial charge in [0.15, 0.2) is 16.6 Å². The molecule has 0 bridgehead atoms. The predicted molar refractivity (Wildman–Crippen MR) is 236 cm³/mol. The third-order valence-electron chi connectivity index (χ3n) is 10.7. The molecule has 3 unspecified atom stereocenters.